The van der Waals surface area contributed by atoms with Crippen LogP contribution in [0.4, 0.5) is 5.69 Å². The molecule has 5 heteroatoms. The second-order valence-corrected chi connectivity index (χ2v) is 4.18. The zero-order valence-electron chi connectivity index (χ0n) is 8.64. The van der Waals surface area contributed by atoms with E-state index in [1.54, 1.807) is 4.90 Å². The van der Waals surface area contributed by atoms with E-state index in [0.717, 1.165) is 10.6 Å². The van der Waals surface area contributed by atoms with Gasteiger partial charge < -0.3 is 11.8 Å². The van der Waals surface area contributed by atoms with Gasteiger partial charge in [-0.05, 0) is 12.1 Å². The molecule has 1 unspecified atom stereocenters. The number of fused-ring (bicyclic) bond motifs is 1. The molecule has 0 bridgehead atoms. The van der Waals surface area contributed by atoms with Crippen molar-refractivity contribution < 1.29 is 56.2 Å². The molecule has 0 aromatic heterocycles. The van der Waals surface area contributed by atoms with Crippen LogP contribution in [0.5, 0.6) is 0 Å². The molecule has 1 aromatic rings. The van der Waals surface area contributed by atoms with Gasteiger partial charge in [-0.15, -0.1) is 18.3 Å². The monoisotopic (exact) mass is 241 g/mol. The van der Waals surface area contributed by atoms with Crippen molar-refractivity contribution in [1.29, 1.82) is 0 Å². The van der Waals surface area contributed by atoms with Crippen molar-refractivity contribution in [2.45, 2.75) is 10.0 Å². The Morgan fingerprint density at radius 3 is 2.80 bits per heavy atom. The molecule has 1 aliphatic heterocycles. The summed E-state index contributed by atoms with van der Waals surface area (Å²) in [5, 5.41) is -0.494. The van der Waals surface area contributed by atoms with Crippen LogP contribution >= 0.6 is 11.8 Å². The first-order valence-corrected chi connectivity index (χ1v) is 5.24. The first-order chi connectivity index (χ1) is 6.74. The van der Waals surface area contributed by atoms with E-state index in [1.165, 1.54) is 11.8 Å². The first kappa shape index (κ1) is 13.8. The maximum atomic E-state index is 11.7. The van der Waals surface area contributed by atoms with Gasteiger partial charge in [-0.25, -0.2) is 0 Å². The Kier molecular flexibility index (Phi) is 5.42. The van der Waals surface area contributed by atoms with E-state index in [9.17, 15) is 4.79 Å². The molecule has 1 heterocycles. The Morgan fingerprint density at radius 1 is 1.47 bits per heavy atom. The predicted molar refractivity (Wildman–Crippen MR) is 59.6 cm³/mol. The summed E-state index contributed by atoms with van der Waals surface area (Å²) in [5.74, 6) is -0.0660. The molecule has 1 atom stereocenters. The second kappa shape index (κ2) is 5.89. The van der Waals surface area contributed by atoms with E-state index in [2.05, 4.69) is 6.92 Å². The molecule has 2 rings (SSSR count). The van der Waals surface area contributed by atoms with Crippen molar-refractivity contribution in [3.8, 4) is 0 Å². The molecule has 0 saturated carbocycles. The van der Waals surface area contributed by atoms with E-state index < -0.39 is 5.15 Å². The van der Waals surface area contributed by atoms with Gasteiger partial charge in [-0.2, -0.15) is 0 Å². The van der Waals surface area contributed by atoms with Gasteiger partial charge in [0.05, 0.1) is 13.5 Å². The summed E-state index contributed by atoms with van der Waals surface area (Å²) in [6.07, 6.45) is 0. The molecule has 0 aliphatic carbocycles. The Bertz CT molecular complexity index is 374. The van der Waals surface area contributed by atoms with Crippen molar-refractivity contribution >= 4 is 31.2 Å². The number of hydrogen-bond donors (Lipinski definition) is 0. The van der Waals surface area contributed by atoms with Crippen LogP contribution in [0.2, 0.25) is 0 Å². The number of hydrogen-bond acceptors (Lipinski definition) is 2. The minimum absolute atomic E-state index is 0. The number of rotatable bonds is 1. The largest absolute Gasteiger partial charge is 1.00 e. The number of benzene rings is 1. The van der Waals surface area contributed by atoms with Crippen LogP contribution in [0.15, 0.2) is 29.2 Å². The van der Waals surface area contributed by atoms with Crippen LogP contribution in [0.25, 0.3) is 0 Å². The molecule has 0 saturated heterocycles. The van der Waals surface area contributed by atoms with Gasteiger partial charge in [0.2, 0.25) is 5.91 Å². The molecule has 0 spiro atoms. The molecule has 1 aliphatic rings. The van der Waals surface area contributed by atoms with Crippen molar-refractivity contribution in [3.63, 3.8) is 0 Å². The van der Waals surface area contributed by atoms with Gasteiger partial charge in [0, 0.05) is 10.0 Å². The Morgan fingerprint density at radius 2 is 2.13 bits per heavy atom. The van der Waals surface area contributed by atoms with Crippen LogP contribution in [-0.4, -0.2) is 25.4 Å². The molecule has 2 radical (unpaired) electrons. The van der Waals surface area contributed by atoms with E-state index in [-0.39, 0.29) is 57.3 Å². The van der Waals surface area contributed by atoms with Crippen molar-refractivity contribution in [3.05, 3.63) is 31.2 Å². The number of carbonyl (C=O) groups excluding carboxylic acids is 1. The smallest absolute Gasteiger partial charge is 0.342 e. The first-order valence-electron chi connectivity index (χ1n) is 4.36. The number of para-hydroxylation sites is 1. The fourth-order valence-electron chi connectivity index (χ4n) is 1.47. The maximum absolute atomic E-state index is 11.7. The van der Waals surface area contributed by atoms with Crippen LogP contribution in [0.1, 0.15) is 0 Å². The quantitative estimate of drug-likeness (QED) is 0.438. The molecule has 1 amide bonds. The summed E-state index contributed by atoms with van der Waals surface area (Å²) in [5.41, 5.74) is 0.916. The summed E-state index contributed by atoms with van der Waals surface area (Å²) in [7, 11) is 5.70. The fourth-order valence-corrected chi connectivity index (χ4v) is 2.43. The van der Waals surface area contributed by atoms with Gasteiger partial charge in [-0.1, -0.05) is 12.1 Å². The molecular weight excluding hydrogens is 232 g/mol. The van der Waals surface area contributed by atoms with Crippen molar-refractivity contribution in [1.82, 2.24) is 0 Å². The van der Waals surface area contributed by atoms with Gasteiger partial charge in [0.25, 0.3) is 0 Å². The molecule has 0 fully saturated rings. The minimum Gasteiger partial charge on any atom is -0.342 e. The summed E-state index contributed by atoms with van der Waals surface area (Å²) in [4.78, 5) is 14.3. The minimum atomic E-state index is -0.494. The van der Waals surface area contributed by atoms with Crippen LogP contribution in [0.3, 0.4) is 0 Å². The average molecular weight is 241 g/mol. The molecule has 0 N–H and O–H groups in total. The third-order valence-electron chi connectivity index (χ3n) is 2.14. The topological polar surface area (TPSA) is 20.3 Å². The fraction of sp³-hybridized carbons (Fsp3) is 0.200. The molecule has 15 heavy (non-hydrogen) atoms. The summed E-state index contributed by atoms with van der Waals surface area (Å²) < 4.78 is 0. The summed E-state index contributed by atoms with van der Waals surface area (Å²) >= 11 is 1.40. The third-order valence-corrected chi connectivity index (χ3v) is 3.20. The zero-order chi connectivity index (χ0) is 10.1. The Balaban J connectivity index is 0.00000112. The van der Waals surface area contributed by atoms with Gasteiger partial charge in [0.15, 0.2) is 0 Å². The molecule has 1 aromatic carbocycles. The van der Waals surface area contributed by atoms with Crippen molar-refractivity contribution in [2.24, 2.45) is 0 Å². The summed E-state index contributed by atoms with van der Waals surface area (Å²) in [6, 6.07) is 7.73. The van der Waals surface area contributed by atoms with E-state index in [0.29, 0.717) is 6.54 Å². The van der Waals surface area contributed by atoms with E-state index in [1.807, 2.05) is 24.3 Å². The standard InChI is InChI=1S/C10H9BNOS.K/c1-2-12-7-5-3-4-6-8(7)14-9(11)10(12)13;/h3-6,9H,1-2H2;/q-1;+1. The third kappa shape index (κ3) is 2.71. The SMILES string of the molecule is [B]C1Sc2ccccc2N(C[CH2-])C1=O.[K+]. The molecular formula is C10H9BKNOS. The molecule has 2 nitrogen and oxygen atoms in total. The van der Waals surface area contributed by atoms with Crippen LogP contribution in [0, 0.1) is 6.92 Å². The van der Waals surface area contributed by atoms with Gasteiger partial charge in [-0.3, -0.25) is 4.79 Å². The maximum Gasteiger partial charge on any atom is 1.00 e. The number of anilines is 1. The zero-order valence-corrected chi connectivity index (χ0v) is 12.6. The Labute approximate surface area is 138 Å². The second-order valence-electron chi connectivity index (χ2n) is 3.00. The number of amides is 1. The summed E-state index contributed by atoms with van der Waals surface area (Å²) in [6.45, 7) is 4.15. The van der Waals surface area contributed by atoms with Gasteiger partial charge in [0.1, 0.15) is 0 Å². The Hall–Kier alpha value is 0.741. The number of thioether (sulfide) groups is 1. The van der Waals surface area contributed by atoms with E-state index in [4.69, 9.17) is 7.85 Å². The number of carbonyl (C=O) groups is 1. The van der Waals surface area contributed by atoms with Crippen molar-refractivity contribution in [2.75, 3.05) is 11.4 Å². The van der Waals surface area contributed by atoms with E-state index >= 15 is 0 Å². The van der Waals surface area contributed by atoms with Gasteiger partial charge >= 0.3 is 51.4 Å². The number of nitrogens with zero attached hydrogens (tertiary/aromatic N) is 1. The van der Waals surface area contributed by atoms with Crippen LogP contribution < -0.4 is 56.3 Å². The van der Waals surface area contributed by atoms with Crippen LogP contribution in [-0.2, 0) is 4.79 Å². The normalized spacial score (nSPS) is 19.4. The predicted octanol–water partition coefficient (Wildman–Crippen LogP) is -1.54. The average Bonchev–Trinajstić information content (AvgIpc) is 2.20. The molecule has 70 valence electrons.